The molecule has 0 rings (SSSR count). The highest BCUT2D eigenvalue weighted by molar-refractivity contribution is 9.11. The molecule has 11 heavy (non-hydrogen) atoms. The summed E-state index contributed by atoms with van der Waals surface area (Å²) in [6, 6.07) is 0. The van der Waals surface area contributed by atoms with Crippen molar-refractivity contribution in [1.82, 2.24) is 0 Å². The molecule has 2 heteroatoms. The highest BCUT2D eigenvalue weighted by Gasteiger charge is 1.85. The normalized spacial score (nSPS) is 14.5. The van der Waals surface area contributed by atoms with Crippen LogP contribution in [0.2, 0.25) is 0 Å². The Morgan fingerprint density at radius 2 is 2.09 bits per heavy atom. The molecule has 0 aliphatic heterocycles. The molecule has 0 spiro atoms. The van der Waals surface area contributed by atoms with E-state index in [-0.39, 0.29) is 0 Å². The standard InChI is InChI=1S/C9H13BrO/c1-3-8(4-2)5-6-9(10)7-11/h3,5-7,11H,4H2,1-2H3/b6-5-,8-3-,9-7-. The van der Waals surface area contributed by atoms with E-state index >= 15 is 0 Å². The third kappa shape index (κ3) is 4.85. The van der Waals surface area contributed by atoms with E-state index in [2.05, 4.69) is 22.9 Å². The average molecular weight is 217 g/mol. The molecule has 0 aliphatic carbocycles. The van der Waals surface area contributed by atoms with Crippen molar-refractivity contribution in [2.75, 3.05) is 0 Å². The first-order valence-corrected chi connectivity index (χ1v) is 4.37. The van der Waals surface area contributed by atoms with Crippen molar-refractivity contribution in [3.8, 4) is 0 Å². The Morgan fingerprint density at radius 1 is 1.45 bits per heavy atom. The molecule has 0 unspecified atom stereocenters. The summed E-state index contributed by atoms with van der Waals surface area (Å²) < 4.78 is 0.685. The summed E-state index contributed by atoms with van der Waals surface area (Å²) >= 11 is 3.16. The van der Waals surface area contributed by atoms with E-state index in [9.17, 15) is 0 Å². The van der Waals surface area contributed by atoms with Crippen LogP contribution in [-0.4, -0.2) is 5.11 Å². The summed E-state index contributed by atoms with van der Waals surface area (Å²) in [5.74, 6) is 0. The molecule has 0 atom stereocenters. The van der Waals surface area contributed by atoms with Crippen LogP contribution in [0.4, 0.5) is 0 Å². The summed E-state index contributed by atoms with van der Waals surface area (Å²) in [7, 11) is 0. The van der Waals surface area contributed by atoms with Gasteiger partial charge in [0.15, 0.2) is 0 Å². The van der Waals surface area contributed by atoms with Crippen LogP contribution in [0.5, 0.6) is 0 Å². The molecule has 0 saturated heterocycles. The van der Waals surface area contributed by atoms with Crippen molar-refractivity contribution in [2.45, 2.75) is 20.3 Å². The molecule has 1 nitrogen and oxygen atoms in total. The Kier molecular flexibility index (Phi) is 5.94. The van der Waals surface area contributed by atoms with Crippen LogP contribution in [0.1, 0.15) is 20.3 Å². The van der Waals surface area contributed by atoms with E-state index in [0.29, 0.717) is 4.48 Å². The highest BCUT2D eigenvalue weighted by atomic mass is 79.9. The number of aliphatic hydroxyl groups is 1. The molecule has 0 aliphatic rings. The van der Waals surface area contributed by atoms with Crippen LogP contribution in [0.3, 0.4) is 0 Å². The second kappa shape index (κ2) is 6.23. The first kappa shape index (κ1) is 10.5. The van der Waals surface area contributed by atoms with E-state index in [1.54, 1.807) is 0 Å². The highest BCUT2D eigenvalue weighted by Crippen LogP contribution is 2.09. The van der Waals surface area contributed by atoms with Crippen molar-refractivity contribution >= 4 is 15.9 Å². The lowest BCUT2D eigenvalue weighted by Crippen LogP contribution is -1.72. The van der Waals surface area contributed by atoms with Gasteiger partial charge in [0.25, 0.3) is 0 Å². The molecule has 62 valence electrons. The molecule has 0 bridgehead atoms. The van der Waals surface area contributed by atoms with Gasteiger partial charge in [-0.2, -0.15) is 0 Å². The number of hydrogen-bond donors (Lipinski definition) is 1. The lowest BCUT2D eigenvalue weighted by molar-refractivity contribution is 0.473. The van der Waals surface area contributed by atoms with Crippen LogP contribution >= 0.6 is 15.9 Å². The topological polar surface area (TPSA) is 20.2 Å². The molecule has 0 amide bonds. The molecular weight excluding hydrogens is 204 g/mol. The molecular formula is C9H13BrO. The maximum Gasteiger partial charge on any atom is 0.0933 e. The van der Waals surface area contributed by atoms with E-state index < -0.39 is 0 Å². The van der Waals surface area contributed by atoms with E-state index in [1.807, 2.05) is 25.2 Å². The summed E-state index contributed by atoms with van der Waals surface area (Å²) in [5.41, 5.74) is 1.25. The fourth-order valence-corrected chi connectivity index (χ4v) is 0.780. The zero-order valence-electron chi connectivity index (χ0n) is 6.84. The van der Waals surface area contributed by atoms with Crippen LogP contribution in [0.15, 0.2) is 34.5 Å². The van der Waals surface area contributed by atoms with Crippen molar-refractivity contribution in [3.63, 3.8) is 0 Å². The van der Waals surface area contributed by atoms with Gasteiger partial charge in [-0.25, -0.2) is 0 Å². The number of rotatable bonds is 3. The number of hydrogen-bond acceptors (Lipinski definition) is 1. The summed E-state index contributed by atoms with van der Waals surface area (Å²) in [4.78, 5) is 0. The molecule has 0 radical (unpaired) electrons. The SMILES string of the molecule is C\C=C(/C=C\C(Br)=C\O)CC. The minimum Gasteiger partial charge on any atom is -0.514 e. The van der Waals surface area contributed by atoms with Gasteiger partial charge in [-0.05, 0) is 35.4 Å². The lowest BCUT2D eigenvalue weighted by atomic mass is 10.2. The Balaban J connectivity index is 4.12. The number of aliphatic hydroxyl groups excluding tert-OH is 1. The molecule has 0 aromatic carbocycles. The van der Waals surface area contributed by atoms with Crippen molar-refractivity contribution in [2.24, 2.45) is 0 Å². The maximum absolute atomic E-state index is 8.51. The summed E-state index contributed by atoms with van der Waals surface area (Å²) in [6.45, 7) is 4.09. The van der Waals surface area contributed by atoms with Gasteiger partial charge < -0.3 is 5.11 Å². The predicted molar refractivity (Wildman–Crippen MR) is 52.8 cm³/mol. The van der Waals surface area contributed by atoms with Gasteiger partial charge in [-0.1, -0.05) is 24.6 Å². The first-order chi connectivity index (χ1) is 5.24. The van der Waals surface area contributed by atoms with E-state index in [4.69, 9.17) is 5.11 Å². The number of allylic oxidation sites excluding steroid dienone is 5. The van der Waals surface area contributed by atoms with Crippen LogP contribution < -0.4 is 0 Å². The Morgan fingerprint density at radius 3 is 2.45 bits per heavy atom. The third-order valence-electron chi connectivity index (χ3n) is 1.36. The van der Waals surface area contributed by atoms with Gasteiger partial charge in [0.05, 0.1) is 10.7 Å². The Labute approximate surface area is 76.3 Å². The molecule has 0 aromatic heterocycles. The van der Waals surface area contributed by atoms with E-state index in [0.717, 1.165) is 12.7 Å². The summed E-state index contributed by atoms with van der Waals surface area (Å²) in [5, 5.41) is 8.51. The molecule has 0 saturated carbocycles. The maximum atomic E-state index is 8.51. The largest absolute Gasteiger partial charge is 0.514 e. The number of halogens is 1. The zero-order valence-corrected chi connectivity index (χ0v) is 8.43. The van der Waals surface area contributed by atoms with E-state index in [1.165, 1.54) is 5.57 Å². The van der Waals surface area contributed by atoms with Crippen LogP contribution in [0.25, 0.3) is 0 Å². The van der Waals surface area contributed by atoms with Crippen molar-refractivity contribution in [3.05, 3.63) is 34.5 Å². The summed E-state index contributed by atoms with van der Waals surface area (Å²) in [6.07, 6.45) is 7.88. The van der Waals surface area contributed by atoms with Crippen LogP contribution in [-0.2, 0) is 0 Å². The van der Waals surface area contributed by atoms with Gasteiger partial charge in [-0.15, -0.1) is 0 Å². The monoisotopic (exact) mass is 216 g/mol. The van der Waals surface area contributed by atoms with Gasteiger partial charge in [-0.3, -0.25) is 0 Å². The zero-order chi connectivity index (χ0) is 8.69. The molecule has 0 aromatic rings. The second-order valence-electron chi connectivity index (χ2n) is 2.06. The molecule has 1 N–H and O–H groups in total. The fraction of sp³-hybridized carbons (Fsp3) is 0.333. The second-order valence-corrected chi connectivity index (χ2v) is 2.98. The first-order valence-electron chi connectivity index (χ1n) is 3.57. The Bertz CT molecular complexity index is 190. The van der Waals surface area contributed by atoms with Gasteiger partial charge in [0.2, 0.25) is 0 Å². The quantitative estimate of drug-likeness (QED) is 0.564. The molecule has 0 heterocycles. The van der Waals surface area contributed by atoms with Gasteiger partial charge in [0, 0.05) is 0 Å². The van der Waals surface area contributed by atoms with Gasteiger partial charge >= 0.3 is 0 Å². The van der Waals surface area contributed by atoms with Crippen LogP contribution in [0, 0.1) is 0 Å². The smallest absolute Gasteiger partial charge is 0.0933 e. The minimum absolute atomic E-state index is 0.685. The lowest BCUT2D eigenvalue weighted by Gasteiger charge is -1.92. The predicted octanol–water partition coefficient (Wildman–Crippen LogP) is 3.69. The Hall–Kier alpha value is -0.500. The van der Waals surface area contributed by atoms with Crippen molar-refractivity contribution in [1.29, 1.82) is 0 Å². The van der Waals surface area contributed by atoms with Crippen molar-refractivity contribution < 1.29 is 5.11 Å². The average Bonchev–Trinajstić information content (AvgIpc) is 2.06. The molecule has 0 fully saturated rings. The third-order valence-corrected chi connectivity index (χ3v) is 1.83. The fourth-order valence-electron chi connectivity index (χ4n) is 0.648. The van der Waals surface area contributed by atoms with Gasteiger partial charge in [0.1, 0.15) is 0 Å². The minimum atomic E-state index is 0.685.